The summed E-state index contributed by atoms with van der Waals surface area (Å²) in [6.07, 6.45) is 8.00. The monoisotopic (exact) mass is 490 g/mol. The molecule has 36 heavy (non-hydrogen) atoms. The maximum absolute atomic E-state index is 14.7. The number of amides is 2. The molecule has 0 radical (unpaired) electrons. The standard InChI is InChI=1S/C27H24F2N4O3/c1-18(12-15-33(17-34)22-8-5-20(28)6-9-22)19(2)27(35)32-21-7-10-25(23(29)16-21)36-26-4-3-14-31-24(26)11-13-30/h3-17H,30H2,1-2H3,(H,32,35)/b13-11?,15-12-,19-18+. The van der Waals surface area contributed by atoms with Crippen molar-refractivity contribution in [2.75, 3.05) is 10.2 Å². The summed E-state index contributed by atoms with van der Waals surface area (Å²) in [5.74, 6) is -1.28. The number of halogens is 2. The van der Waals surface area contributed by atoms with Gasteiger partial charge in [-0.2, -0.15) is 0 Å². The van der Waals surface area contributed by atoms with Gasteiger partial charge in [-0.05, 0) is 86.3 Å². The van der Waals surface area contributed by atoms with Crippen LogP contribution in [-0.2, 0) is 9.59 Å². The summed E-state index contributed by atoms with van der Waals surface area (Å²) in [6, 6.07) is 12.7. The van der Waals surface area contributed by atoms with E-state index in [2.05, 4.69) is 10.3 Å². The maximum Gasteiger partial charge on any atom is 0.251 e. The molecule has 2 amide bonds. The van der Waals surface area contributed by atoms with E-state index in [1.165, 1.54) is 59.8 Å². The molecule has 7 nitrogen and oxygen atoms in total. The third-order valence-electron chi connectivity index (χ3n) is 5.12. The lowest BCUT2D eigenvalue weighted by atomic mass is 10.1. The van der Waals surface area contributed by atoms with Gasteiger partial charge in [0.2, 0.25) is 6.41 Å². The molecule has 3 rings (SSSR count). The average molecular weight is 491 g/mol. The third kappa shape index (κ3) is 6.63. The lowest BCUT2D eigenvalue weighted by molar-refractivity contribution is -0.112. The minimum Gasteiger partial charge on any atom is -0.452 e. The Bertz CT molecular complexity index is 1340. The lowest BCUT2D eigenvalue weighted by Gasteiger charge is -2.13. The normalized spacial score (nSPS) is 11.9. The van der Waals surface area contributed by atoms with Crippen molar-refractivity contribution in [2.24, 2.45) is 5.73 Å². The molecule has 0 saturated heterocycles. The molecule has 0 aliphatic rings. The van der Waals surface area contributed by atoms with E-state index in [1.807, 2.05) is 0 Å². The van der Waals surface area contributed by atoms with Crippen LogP contribution in [0, 0.1) is 11.6 Å². The Hall–Kier alpha value is -4.79. The summed E-state index contributed by atoms with van der Waals surface area (Å²) in [7, 11) is 0. The second kappa shape index (κ2) is 12.1. The number of rotatable bonds is 9. The number of anilines is 2. The van der Waals surface area contributed by atoms with E-state index in [9.17, 15) is 18.4 Å². The second-order valence-corrected chi connectivity index (χ2v) is 7.56. The van der Waals surface area contributed by atoms with Crippen LogP contribution in [0.25, 0.3) is 6.08 Å². The largest absolute Gasteiger partial charge is 0.452 e. The van der Waals surface area contributed by atoms with Gasteiger partial charge < -0.3 is 15.8 Å². The molecule has 0 unspecified atom stereocenters. The second-order valence-electron chi connectivity index (χ2n) is 7.56. The fraction of sp³-hybridized carbons (Fsp3) is 0.0741. The predicted octanol–water partition coefficient (Wildman–Crippen LogP) is 5.53. The van der Waals surface area contributed by atoms with Crippen LogP contribution in [-0.4, -0.2) is 17.3 Å². The number of aromatic nitrogens is 1. The number of hydrogen-bond donors (Lipinski definition) is 2. The number of benzene rings is 2. The fourth-order valence-electron chi connectivity index (χ4n) is 3.00. The number of carbonyl (C=O) groups is 2. The highest BCUT2D eigenvalue weighted by Crippen LogP contribution is 2.29. The van der Waals surface area contributed by atoms with Gasteiger partial charge in [0.05, 0.1) is 0 Å². The van der Waals surface area contributed by atoms with E-state index < -0.39 is 17.5 Å². The summed E-state index contributed by atoms with van der Waals surface area (Å²) in [5.41, 5.74) is 7.46. The number of ether oxygens (including phenoxy) is 1. The minimum atomic E-state index is -0.682. The SMILES string of the molecule is CC(/C=C\N(C=O)c1ccc(F)cc1)=C(/C)C(=O)Nc1ccc(Oc2cccnc2C=CN)c(F)c1. The molecule has 0 aliphatic heterocycles. The molecule has 0 saturated carbocycles. The van der Waals surface area contributed by atoms with Crippen molar-refractivity contribution in [1.82, 2.24) is 4.98 Å². The van der Waals surface area contributed by atoms with Crippen molar-refractivity contribution >= 4 is 29.8 Å². The first kappa shape index (κ1) is 25.8. The van der Waals surface area contributed by atoms with Gasteiger partial charge >= 0.3 is 0 Å². The lowest BCUT2D eigenvalue weighted by Crippen LogP contribution is -2.15. The summed E-state index contributed by atoms with van der Waals surface area (Å²) in [5, 5.41) is 2.63. The van der Waals surface area contributed by atoms with Crippen molar-refractivity contribution in [3.63, 3.8) is 0 Å². The number of hydrogen-bond acceptors (Lipinski definition) is 5. The highest BCUT2D eigenvalue weighted by Gasteiger charge is 2.12. The maximum atomic E-state index is 14.7. The molecular weight excluding hydrogens is 466 g/mol. The van der Waals surface area contributed by atoms with E-state index in [4.69, 9.17) is 10.5 Å². The van der Waals surface area contributed by atoms with Gasteiger partial charge in [-0.3, -0.25) is 19.5 Å². The van der Waals surface area contributed by atoms with E-state index >= 15 is 0 Å². The summed E-state index contributed by atoms with van der Waals surface area (Å²) in [4.78, 5) is 29.4. The van der Waals surface area contributed by atoms with Crippen LogP contribution in [0.3, 0.4) is 0 Å². The molecule has 0 spiro atoms. The van der Waals surface area contributed by atoms with Gasteiger partial charge in [0, 0.05) is 35.4 Å². The van der Waals surface area contributed by atoms with Crippen LogP contribution in [0.2, 0.25) is 0 Å². The number of nitrogens with two attached hydrogens (primary N) is 1. The molecule has 9 heteroatoms. The molecule has 3 N–H and O–H groups in total. The Morgan fingerprint density at radius 2 is 1.83 bits per heavy atom. The first-order valence-electron chi connectivity index (χ1n) is 10.8. The van der Waals surface area contributed by atoms with Gasteiger partial charge in [0.1, 0.15) is 11.5 Å². The van der Waals surface area contributed by atoms with Gasteiger partial charge in [0.15, 0.2) is 17.3 Å². The van der Waals surface area contributed by atoms with E-state index in [-0.39, 0.29) is 11.4 Å². The van der Waals surface area contributed by atoms with Gasteiger partial charge in [-0.25, -0.2) is 8.78 Å². The molecule has 1 heterocycles. The zero-order chi connectivity index (χ0) is 26.1. The van der Waals surface area contributed by atoms with Gasteiger partial charge in [-0.1, -0.05) is 0 Å². The van der Waals surface area contributed by atoms with Crippen LogP contribution < -0.4 is 20.7 Å². The number of nitrogens with zero attached hydrogens (tertiary/aromatic N) is 2. The molecule has 0 aliphatic carbocycles. The van der Waals surface area contributed by atoms with Gasteiger partial charge in [-0.15, -0.1) is 0 Å². The Balaban J connectivity index is 1.70. The van der Waals surface area contributed by atoms with Crippen LogP contribution in [0.5, 0.6) is 11.5 Å². The Morgan fingerprint density at radius 1 is 1.08 bits per heavy atom. The smallest absolute Gasteiger partial charge is 0.251 e. The van der Waals surface area contributed by atoms with E-state index in [0.29, 0.717) is 34.7 Å². The molecule has 0 atom stereocenters. The Labute approximate surface area is 207 Å². The quantitative estimate of drug-likeness (QED) is 0.233. The van der Waals surface area contributed by atoms with Crippen LogP contribution in [0.15, 0.2) is 90.4 Å². The number of allylic oxidation sites excluding steroid dienone is 2. The molecular formula is C27H24F2N4O3. The number of carbonyl (C=O) groups excluding carboxylic acids is 2. The predicted molar refractivity (Wildman–Crippen MR) is 135 cm³/mol. The molecule has 0 bridgehead atoms. The molecule has 3 aromatic rings. The first-order valence-corrected chi connectivity index (χ1v) is 10.8. The zero-order valence-electron chi connectivity index (χ0n) is 19.6. The van der Waals surface area contributed by atoms with E-state index in [0.717, 1.165) is 6.07 Å². The van der Waals surface area contributed by atoms with Crippen molar-refractivity contribution < 1.29 is 23.1 Å². The summed E-state index contributed by atoms with van der Waals surface area (Å²) in [6.45, 7) is 3.29. The number of nitrogens with one attached hydrogen (secondary N) is 1. The van der Waals surface area contributed by atoms with Crippen molar-refractivity contribution in [3.8, 4) is 11.5 Å². The number of pyridine rings is 1. The zero-order valence-corrected chi connectivity index (χ0v) is 19.6. The summed E-state index contributed by atoms with van der Waals surface area (Å²) < 4.78 is 33.4. The van der Waals surface area contributed by atoms with Crippen molar-refractivity contribution in [2.45, 2.75) is 13.8 Å². The van der Waals surface area contributed by atoms with Crippen molar-refractivity contribution in [3.05, 3.63) is 108 Å². The molecule has 1 aromatic heterocycles. The Kier molecular flexibility index (Phi) is 8.66. The van der Waals surface area contributed by atoms with Crippen molar-refractivity contribution in [1.29, 1.82) is 0 Å². The van der Waals surface area contributed by atoms with Crippen LogP contribution in [0.1, 0.15) is 19.5 Å². The first-order chi connectivity index (χ1) is 17.3. The topological polar surface area (TPSA) is 97.5 Å². The fourth-order valence-corrected chi connectivity index (χ4v) is 3.00. The van der Waals surface area contributed by atoms with Gasteiger partial charge in [0.25, 0.3) is 5.91 Å². The summed E-state index contributed by atoms with van der Waals surface area (Å²) >= 11 is 0. The third-order valence-corrected chi connectivity index (χ3v) is 5.12. The van der Waals surface area contributed by atoms with Crippen LogP contribution >= 0.6 is 0 Å². The molecule has 184 valence electrons. The Morgan fingerprint density at radius 3 is 2.50 bits per heavy atom. The van der Waals surface area contributed by atoms with E-state index in [1.54, 1.807) is 38.3 Å². The highest BCUT2D eigenvalue weighted by molar-refractivity contribution is 6.04. The molecule has 2 aromatic carbocycles. The highest BCUT2D eigenvalue weighted by atomic mass is 19.1. The minimum absolute atomic E-state index is 0.0474. The molecule has 0 fully saturated rings. The average Bonchev–Trinajstić information content (AvgIpc) is 2.87. The van der Waals surface area contributed by atoms with Crippen LogP contribution in [0.4, 0.5) is 20.2 Å².